The van der Waals surface area contributed by atoms with E-state index in [2.05, 4.69) is 39.6 Å². The molecule has 2 N–H and O–H groups in total. The Morgan fingerprint density at radius 2 is 2.16 bits per heavy atom. The van der Waals surface area contributed by atoms with Crippen LogP contribution in [0, 0.1) is 5.92 Å². The Morgan fingerprint density at radius 3 is 2.74 bits per heavy atom. The monoisotopic (exact) mass is 257 g/mol. The fourth-order valence-corrected chi connectivity index (χ4v) is 2.35. The molecule has 0 aliphatic heterocycles. The second-order valence-corrected chi connectivity index (χ2v) is 5.09. The molecule has 1 saturated carbocycles. The summed E-state index contributed by atoms with van der Waals surface area (Å²) in [7, 11) is 1.76. The fourth-order valence-electron chi connectivity index (χ4n) is 2.35. The second kappa shape index (κ2) is 5.45. The molecule has 1 aliphatic carbocycles. The van der Waals surface area contributed by atoms with Crippen LogP contribution in [0.15, 0.2) is 36.8 Å². The summed E-state index contributed by atoms with van der Waals surface area (Å²) in [6, 6.07) is 8.87. The van der Waals surface area contributed by atoms with Crippen molar-refractivity contribution in [1.29, 1.82) is 0 Å². The first-order chi connectivity index (χ1) is 9.36. The molecule has 0 bridgehead atoms. The van der Waals surface area contributed by atoms with Gasteiger partial charge in [0.05, 0.1) is 30.9 Å². The number of hydrogen-bond acceptors (Lipinski definition) is 3. The normalized spacial score (nSPS) is 16.3. The fraction of sp³-hybridized carbons (Fsp3) is 0.400. The molecule has 19 heavy (non-hydrogen) atoms. The molecule has 1 atom stereocenters. The summed E-state index contributed by atoms with van der Waals surface area (Å²) >= 11 is 0. The van der Waals surface area contributed by atoms with Crippen LogP contribution >= 0.6 is 0 Å². The third-order valence-corrected chi connectivity index (χ3v) is 3.58. The molecular weight excluding hydrogens is 238 g/mol. The van der Waals surface area contributed by atoms with E-state index in [9.17, 15) is 0 Å². The first-order valence-corrected chi connectivity index (χ1v) is 6.71. The number of anilines is 1. The summed E-state index contributed by atoms with van der Waals surface area (Å²) < 4.78 is 5.28. The van der Waals surface area contributed by atoms with Crippen molar-refractivity contribution in [3.8, 4) is 11.3 Å². The molecule has 1 heterocycles. The summed E-state index contributed by atoms with van der Waals surface area (Å²) in [5.74, 6) is 0.771. The van der Waals surface area contributed by atoms with E-state index in [-0.39, 0.29) is 0 Å². The van der Waals surface area contributed by atoms with E-state index < -0.39 is 0 Å². The van der Waals surface area contributed by atoms with Gasteiger partial charge in [-0.3, -0.25) is 0 Å². The summed E-state index contributed by atoms with van der Waals surface area (Å²) in [4.78, 5) is 7.15. The van der Waals surface area contributed by atoms with E-state index in [1.165, 1.54) is 12.8 Å². The largest absolute Gasteiger partial charge is 0.383 e. The molecule has 1 aromatic carbocycles. The molecule has 1 aromatic heterocycles. The van der Waals surface area contributed by atoms with Crippen LogP contribution in [0.4, 0.5) is 5.69 Å². The molecule has 1 aliphatic rings. The summed E-state index contributed by atoms with van der Waals surface area (Å²) in [6.45, 7) is 0.771. The Balaban J connectivity index is 1.68. The van der Waals surface area contributed by atoms with Crippen LogP contribution in [-0.2, 0) is 4.74 Å². The number of nitrogens with zero attached hydrogens (tertiary/aromatic N) is 1. The van der Waals surface area contributed by atoms with E-state index in [4.69, 9.17) is 4.74 Å². The summed E-state index contributed by atoms with van der Waals surface area (Å²) in [5, 5.41) is 3.56. The number of rotatable bonds is 6. The average molecular weight is 257 g/mol. The van der Waals surface area contributed by atoms with Crippen LogP contribution in [0.5, 0.6) is 0 Å². The maximum Gasteiger partial charge on any atom is 0.0924 e. The van der Waals surface area contributed by atoms with Crippen molar-refractivity contribution in [2.24, 2.45) is 5.92 Å². The SMILES string of the molecule is COCC(Nc1ccc(-c2cnc[nH]2)cc1)C1CC1. The number of methoxy groups -OCH3 is 1. The van der Waals surface area contributed by atoms with Crippen molar-refractivity contribution in [2.75, 3.05) is 19.0 Å². The molecule has 2 aromatic rings. The highest BCUT2D eigenvalue weighted by Gasteiger charge is 2.30. The first-order valence-electron chi connectivity index (χ1n) is 6.71. The van der Waals surface area contributed by atoms with Crippen molar-refractivity contribution in [3.05, 3.63) is 36.8 Å². The molecule has 0 spiro atoms. The lowest BCUT2D eigenvalue weighted by atomic mass is 10.1. The van der Waals surface area contributed by atoms with Gasteiger partial charge in [-0.25, -0.2) is 4.98 Å². The van der Waals surface area contributed by atoms with Gasteiger partial charge >= 0.3 is 0 Å². The molecule has 0 radical (unpaired) electrons. The molecule has 4 heteroatoms. The molecule has 3 rings (SSSR count). The molecule has 1 fully saturated rings. The number of benzene rings is 1. The van der Waals surface area contributed by atoms with Crippen LogP contribution in [0.25, 0.3) is 11.3 Å². The lowest BCUT2D eigenvalue weighted by Crippen LogP contribution is -2.27. The zero-order valence-electron chi connectivity index (χ0n) is 11.1. The molecule has 0 amide bonds. The quantitative estimate of drug-likeness (QED) is 0.836. The molecular formula is C15H19N3O. The third-order valence-electron chi connectivity index (χ3n) is 3.58. The number of ether oxygens (including phenoxy) is 1. The lowest BCUT2D eigenvalue weighted by Gasteiger charge is -2.18. The molecule has 1 unspecified atom stereocenters. The van der Waals surface area contributed by atoms with Crippen LogP contribution < -0.4 is 5.32 Å². The standard InChI is InChI=1S/C15H19N3O/c1-19-9-15(12-2-3-12)18-13-6-4-11(5-7-13)14-8-16-10-17-14/h4-8,10,12,15,18H,2-3,9H2,1H3,(H,16,17). The number of nitrogens with one attached hydrogen (secondary N) is 2. The number of imidazole rings is 1. The van der Waals surface area contributed by atoms with Crippen LogP contribution in [0.1, 0.15) is 12.8 Å². The summed E-state index contributed by atoms with van der Waals surface area (Å²) in [6.07, 6.45) is 6.16. The van der Waals surface area contributed by atoms with Gasteiger partial charge in [-0.15, -0.1) is 0 Å². The Morgan fingerprint density at radius 1 is 1.37 bits per heavy atom. The number of hydrogen-bond donors (Lipinski definition) is 2. The molecule has 4 nitrogen and oxygen atoms in total. The van der Waals surface area contributed by atoms with Gasteiger partial charge in [0, 0.05) is 12.8 Å². The van der Waals surface area contributed by atoms with E-state index in [1.54, 1.807) is 13.4 Å². The molecule has 100 valence electrons. The van der Waals surface area contributed by atoms with Gasteiger partial charge in [0.25, 0.3) is 0 Å². The predicted octanol–water partition coefficient (Wildman–Crippen LogP) is 2.91. The Labute approximate surface area is 113 Å². The van der Waals surface area contributed by atoms with Gasteiger partial charge in [0.1, 0.15) is 0 Å². The van der Waals surface area contributed by atoms with Gasteiger partial charge in [-0.05, 0) is 36.5 Å². The van der Waals surface area contributed by atoms with Crippen molar-refractivity contribution < 1.29 is 4.74 Å². The van der Waals surface area contributed by atoms with E-state index in [1.807, 2.05) is 6.20 Å². The minimum absolute atomic E-state index is 0.433. The van der Waals surface area contributed by atoms with Gasteiger partial charge in [-0.2, -0.15) is 0 Å². The third kappa shape index (κ3) is 2.96. The lowest BCUT2D eigenvalue weighted by molar-refractivity contribution is 0.179. The predicted molar refractivity (Wildman–Crippen MR) is 76.0 cm³/mol. The van der Waals surface area contributed by atoms with Crippen molar-refractivity contribution in [1.82, 2.24) is 9.97 Å². The van der Waals surface area contributed by atoms with Crippen molar-refractivity contribution >= 4 is 5.69 Å². The van der Waals surface area contributed by atoms with Crippen molar-refractivity contribution in [3.63, 3.8) is 0 Å². The van der Waals surface area contributed by atoms with Crippen LogP contribution in [0.3, 0.4) is 0 Å². The maximum absolute atomic E-state index is 5.28. The average Bonchev–Trinajstić information content (AvgIpc) is 3.14. The van der Waals surface area contributed by atoms with Crippen LogP contribution in [0.2, 0.25) is 0 Å². The van der Waals surface area contributed by atoms with Crippen LogP contribution in [-0.4, -0.2) is 29.7 Å². The van der Waals surface area contributed by atoms with E-state index in [0.29, 0.717) is 6.04 Å². The number of H-pyrrole nitrogens is 1. The highest BCUT2D eigenvalue weighted by Crippen LogP contribution is 2.34. The van der Waals surface area contributed by atoms with Gasteiger partial charge in [0.2, 0.25) is 0 Å². The minimum Gasteiger partial charge on any atom is -0.383 e. The summed E-state index contributed by atoms with van der Waals surface area (Å²) in [5.41, 5.74) is 3.34. The minimum atomic E-state index is 0.433. The zero-order valence-corrected chi connectivity index (χ0v) is 11.1. The number of aromatic nitrogens is 2. The van der Waals surface area contributed by atoms with E-state index in [0.717, 1.165) is 29.5 Å². The molecule has 0 saturated heterocycles. The topological polar surface area (TPSA) is 49.9 Å². The van der Waals surface area contributed by atoms with E-state index >= 15 is 0 Å². The van der Waals surface area contributed by atoms with Gasteiger partial charge in [0.15, 0.2) is 0 Å². The maximum atomic E-state index is 5.28. The Kier molecular flexibility index (Phi) is 3.51. The van der Waals surface area contributed by atoms with Crippen molar-refractivity contribution in [2.45, 2.75) is 18.9 Å². The Hall–Kier alpha value is -1.81. The smallest absolute Gasteiger partial charge is 0.0924 e. The number of aromatic amines is 1. The highest BCUT2D eigenvalue weighted by atomic mass is 16.5. The van der Waals surface area contributed by atoms with Gasteiger partial charge in [-0.1, -0.05) is 12.1 Å². The first kappa shape index (κ1) is 12.2. The van der Waals surface area contributed by atoms with Gasteiger partial charge < -0.3 is 15.0 Å². The zero-order chi connectivity index (χ0) is 13.1. The second-order valence-electron chi connectivity index (χ2n) is 5.09. The Bertz CT molecular complexity index is 503. The highest BCUT2D eigenvalue weighted by molar-refractivity contribution is 5.62.